The molecular weight excluding hydrogens is 824 g/mol. The first-order valence-corrected chi connectivity index (χ1v) is 23.9. The third-order valence-electron chi connectivity index (χ3n) is 8.48. The van der Waals surface area contributed by atoms with Gasteiger partial charge in [-0.05, 0) is 77.0 Å². The van der Waals surface area contributed by atoms with E-state index in [9.17, 15) is 34.4 Å². The highest BCUT2D eigenvalue weighted by atomic mass is 31.2. The van der Waals surface area contributed by atoms with Gasteiger partial charge in [0.15, 0.2) is 6.10 Å². The van der Waals surface area contributed by atoms with E-state index in [2.05, 4.69) is 60.1 Å². The zero-order valence-electron chi connectivity index (χ0n) is 37.7. The van der Waals surface area contributed by atoms with Crippen molar-refractivity contribution in [3.8, 4) is 0 Å². The van der Waals surface area contributed by atoms with Crippen LogP contribution in [0.3, 0.4) is 0 Å². The van der Waals surface area contributed by atoms with Crippen molar-refractivity contribution < 1.29 is 58.0 Å². The molecule has 1 unspecified atom stereocenters. The highest BCUT2D eigenvalue weighted by Gasteiger charge is 2.27. The molecule has 0 aromatic carbocycles. The molecule has 0 aromatic rings. The SMILES string of the molecule is CC/C=C\C[C@H](O)/C=C/C=C\C=C\[C@H](O)C/C=C\C/C=C\CCC(=O)O[C@H](COC(=O)CC/C=C\C/C=C\C/C=C\C/C=C\C/C=C\CCCCC)COP(=O)(O)OC[C@@H](O)CO. The number of carbonyl (C=O) groups is 2. The highest BCUT2D eigenvalue weighted by molar-refractivity contribution is 7.47. The molecular formula is C50H77O12P. The predicted molar refractivity (Wildman–Crippen MR) is 253 cm³/mol. The fraction of sp³-hybridized carbons (Fsp3) is 0.520. The number of phosphoric acid groups is 1. The van der Waals surface area contributed by atoms with E-state index >= 15 is 0 Å². The number of allylic oxidation sites excluding steroid dienone is 18. The molecule has 0 aliphatic rings. The lowest BCUT2D eigenvalue weighted by Gasteiger charge is -2.20. The summed E-state index contributed by atoms with van der Waals surface area (Å²) in [6.07, 6.45) is 50.8. The molecule has 12 nitrogen and oxygen atoms in total. The van der Waals surface area contributed by atoms with Gasteiger partial charge in [0, 0.05) is 12.8 Å². The van der Waals surface area contributed by atoms with E-state index in [0.717, 1.165) is 38.5 Å². The van der Waals surface area contributed by atoms with Crippen LogP contribution in [0.25, 0.3) is 0 Å². The van der Waals surface area contributed by atoms with Crippen LogP contribution >= 0.6 is 7.82 Å². The summed E-state index contributed by atoms with van der Waals surface area (Å²) in [4.78, 5) is 35.0. The van der Waals surface area contributed by atoms with Crippen molar-refractivity contribution in [2.75, 3.05) is 26.4 Å². The van der Waals surface area contributed by atoms with Crippen molar-refractivity contribution in [3.63, 3.8) is 0 Å². The summed E-state index contributed by atoms with van der Waals surface area (Å²) >= 11 is 0. The van der Waals surface area contributed by atoms with Crippen LogP contribution in [0, 0.1) is 0 Å². The summed E-state index contributed by atoms with van der Waals surface area (Å²) in [5.41, 5.74) is 0. The predicted octanol–water partition coefficient (Wildman–Crippen LogP) is 10.0. The van der Waals surface area contributed by atoms with Gasteiger partial charge in [0.25, 0.3) is 0 Å². The number of carbonyl (C=O) groups excluding carboxylic acids is 2. The molecule has 0 heterocycles. The molecule has 0 radical (unpaired) electrons. The number of phosphoric ester groups is 1. The molecule has 0 bridgehead atoms. The van der Waals surface area contributed by atoms with Gasteiger partial charge < -0.3 is 34.8 Å². The van der Waals surface area contributed by atoms with Crippen LogP contribution < -0.4 is 0 Å². The van der Waals surface area contributed by atoms with Crippen LogP contribution in [0.5, 0.6) is 0 Å². The Hall–Kier alpha value is -3.97. The summed E-state index contributed by atoms with van der Waals surface area (Å²) in [5.74, 6) is -1.20. The zero-order chi connectivity index (χ0) is 46.5. The molecule has 0 aliphatic heterocycles. The Labute approximate surface area is 377 Å². The van der Waals surface area contributed by atoms with Crippen LogP contribution in [0.1, 0.15) is 117 Å². The number of aliphatic hydroxyl groups excluding tert-OH is 4. The molecule has 0 fully saturated rings. The van der Waals surface area contributed by atoms with E-state index in [1.165, 1.54) is 19.3 Å². The van der Waals surface area contributed by atoms with Crippen LogP contribution in [-0.2, 0) is 32.7 Å². The number of hydrogen-bond acceptors (Lipinski definition) is 11. The average molecular weight is 901 g/mol. The average Bonchev–Trinajstić information content (AvgIpc) is 3.26. The van der Waals surface area contributed by atoms with Gasteiger partial charge in [0.1, 0.15) is 12.7 Å². The fourth-order valence-corrected chi connectivity index (χ4v) is 5.79. The zero-order valence-corrected chi connectivity index (χ0v) is 38.6. The van der Waals surface area contributed by atoms with E-state index in [4.69, 9.17) is 19.1 Å². The second-order valence-electron chi connectivity index (χ2n) is 14.4. The van der Waals surface area contributed by atoms with E-state index < -0.39 is 70.6 Å². The Balaban J connectivity index is 4.66. The van der Waals surface area contributed by atoms with Crippen molar-refractivity contribution in [1.29, 1.82) is 0 Å². The molecule has 354 valence electrons. The number of rotatable bonds is 39. The maximum atomic E-state index is 12.6. The van der Waals surface area contributed by atoms with Gasteiger partial charge in [0.2, 0.25) is 0 Å². The Morgan fingerprint density at radius 2 is 1.02 bits per heavy atom. The van der Waals surface area contributed by atoms with Crippen LogP contribution in [0.15, 0.2) is 134 Å². The number of unbranched alkanes of at least 4 members (excludes halogenated alkanes) is 3. The molecule has 0 aromatic heterocycles. The first kappa shape index (κ1) is 59.0. The largest absolute Gasteiger partial charge is 0.472 e. The molecule has 13 heteroatoms. The van der Waals surface area contributed by atoms with Gasteiger partial charge in [-0.25, -0.2) is 4.57 Å². The lowest BCUT2D eigenvalue weighted by molar-refractivity contribution is -0.161. The van der Waals surface area contributed by atoms with Crippen molar-refractivity contribution >= 4 is 19.8 Å². The van der Waals surface area contributed by atoms with Gasteiger partial charge in [-0.1, -0.05) is 160 Å². The van der Waals surface area contributed by atoms with Crippen molar-refractivity contribution in [3.05, 3.63) is 134 Å². The second-order valence-corrected chi connectivity index (χ2v) is 15.8. The van der Waals surface area contributed by atoms with Crippen LogP contribution in [0.4, 0.5) is 0 Å². The number of ether oxygens (including phenoxy) is 2. The van der Waals surface area contributed by atoms with Gasteiger partial charge in [-0.3, -0.25) is 18.6 Å². The van der Waals surface area contributed by atoms with E-state index in [-0.39, 0.29) is 12.8 Å². The third kappa shape index (κ3) is 43.1. The molecule has 0 amide bonds. The quantitative estimate of drug-likeness (QED) is 0.0129. The minimum absolute atomic E-state index is 0.0219. The number of aliphatic hydroxyl groups is 4. The maximum absolute atomic E-state index is 12.6. The summed E-state index contributed by atoms with van der Waals surface area (Å²) < 4.78 is 32.5. The molecule has 0 aliphatic carbocycles. The van der Waals surface area contributed by atoms with Crippen molar-refractivity contribution in [2.45, 2.75) is 141 Å². The number of esters is 2. The minimum atomic E-state index is -4.70. The first-order valence-electron chi connectivity index (χ1n) is 22.4. The molecule has 0 saturated heterocycles. The van der Waals surface area contributed by atoms with Gasteiger partial charge in [-0.15, -0.1) is 0 Å². The summed E-state index contributed by atoms with van der Waals surface area (Å²) in [5, 5.41) is 38.3. The number of hydrogen-bond donors (Lipinski definition) is 5. The fourth-order valence-electron chi connectivity index (χ4n) is 5.00. The maximum Gasteiger partial charge on any atom is 0.472 e. The Bertz CT molecular complexity index is 1530. The van der Waals surface area contributed by atoms with Gasteiger partial charge in [-0.2, -0.15) is 0 Å². The molecule has 5 N–H and O–H groups in total. The summed E-state index contributed by atoms with van der Waals surface area (Å²) in [6, 6.07) is 0. The molecule has 0 saturated carbocycles. The lowest BCUT2D eigenvalue weighted by atomic mass is 10.2. The Morgan fingerprint density at radius 3 is 1.52 bits per heavy atom. The first-order chi connectivity index (χ1) is 30.5. The Morgan fingerprint density at radius 1 is 0.556 bits per heavy atom. The molecule has 0 rings (SSSR count). The van der Waals surface area contributed by atoms with Crippen molar-refractivity contribution in [2.24, 2.45) is 0 Å². The topological polar surface area (TPSA) is 189 Å². The van der Waals surface area contributed by atoms with E-state index in [1.807, 2.05) is 49.5 Å². The Kier molecular flexibility index (Phi) is 40.6. The third-order valence-corrected chi connectivity index (χ3v) is 9.43. The molecule has 0 spiro atoms. The normalized spacial score (nSPS) is 16.0. The van der Waals surface area contributed by atoms with Crippen molar-refractivity contribution in [1.82, 2.24) is 0 Å². The summed E-state index contributed by atoms with van der Waals surface area (Å²) in [7, 11) is -4.70. The van der Waals surface area contributed by atoms with Crippen LogP contribution in [0.2, 0.25) is 0 Å². The second kappa shape index (κ2) is 43.3. The van der Waals surface area contributed by atoms with Crippen LogP contribution in [-0.4, -0.2) is 88.1 Å². The summed E-state index contributed by atoms with van der Waals surface area (Å²) in [6.45, 7) is 1.84. The van der Waals surface area contributed by atoms with Gasteiger partial charge in [0.05, 0.1) is 32.0 Å². The smallest absolute Gasteiger partial charge is 0.462 e. The lowest BCUT2D eigenvalue weighted by Crippen LogP contribution is -2.29. The van der Waals surface area contributed by atoms with E-state index in [0.29, 0.717) is 32.1 Å². The monoisotopic (exact) mass is 901 g/mol. The molecule has 5 atom stereocenters. The van der Waals surface area contributed by atoms with Gasteiger partial charge >= 0.3 is 19.8 Å². The standard InChI is InChI=1S/C50H77O12P/c1-3-5-7-8-9-10-11-12-13-14-15-16-17-18-19-20-21-25-33-39-49(55)59-43-48(44-61-63(57,58)60-42-47(54)41-51)62-50(56)40-34-26-23-22-24-30-36-46(53)38-32-28-27-31-37-45(52)35-29-6-4-2/h6,9-10,12-13,15-16,18-19,21,23-32,37-38,45-48,51-54H,3-5,7-8,11,14,17,20,22,33-36,39-44H2,1-2H3,(H,57,58)/b10-9-,13-12-,16-15-,19-18-,25-21-,26-23-,28-27-,29-6-,30-24-,37-31+,38-32+/t45-,46+,47-,48+/m0/s1. The molecule has 63 heavy (non-hydrogen) atoms. The minimum Gasteiger partial charge on any atom is -0.462 e. The highest BCUT2D eigenvalue weighted by Crippen LogP contribution is 2.43. The van der Waals surface area contributed by atoms with E-state index in [1.54, 1.807) is 42.5 Å².